The van der Waals surface area contributed by atoms with Crippen LogP contribution in [0.2, 0.25) is 0 Å². The molecule has 110 valence electrons. The Hall–Kier alpha value is -2.31. The van der Waals surface area contributed by atoms with E-state index in [0.29, 0.717) is 12.4 Å². The maximum atomic E-state index is 11.7. The van der Waals surface area contributed by atoms with Gasteiger partial charge in [0.05, 0.1) is 11.5 Å². The second kappa shape index (κ2) is 6.23. The van der Waals surface area contributed by atoms with Crippen molar-refractivity contribution in [3.8, 4) is 5.75 Å². The second-order valence-electron chi connectivity index (χ2n) is 5.00. The van der Waals surface area contributed by atoms with Gasteiger partial charge in [-0.05, 0) is 33.8 Å². The average molecular weight is 282 g/mol. The minimum atomic E-state index is -0.755. The highest BCUT2D eigenvalue weighted by atomic mass is 16.6. The Morgan fingerprint density at radius 3 is 2.55 bits per heavy atom. The van der Waals surface area contributed by atoms with E-state index in [-0.39, 0.29) is 11.4 Å². The van der Waals surface area contributed by atoms with Crippen LogP contribution in [0, 0.1) is 10.1 Å². The number of carbonyl (C=O) groups is 1. The van der Waals surface area contributed by atoms with E-state index in [1.807, 2.05) is 0 Å². The lowest BCUT2D eigenvalue weighted by molar-refractivity contribution is -0.383. The smallest absolute Gasteiger partial charge is 0.412 e. The third kappa shape index (κ3) is 4.75. The van der Waals surface area contributed by atoms with Crippen molar-refractivity contribution < 1.29 is 19.2 Å². The first kappa shape index (κ1) is 15.7. The van der Waals surface area contributed by atoms with Gasteiger partial charge in [0, 0.05) is 12.1 Å². The fraction of sp³-hybridized carbons (Fsp3) is 0.462. The summed E-state index contributed by atoms with van der Waals surface area (Å²) in [5, 5.41) is 13.3. The van der Waals surface area contributed by atoms with Gasteiger partial charge in [-0.15, -0.1) is 0 Å². The first-order valence-corrected chi connectivity index (χ1v) is 6.14. The van der Waals surface area contributed by atoms with Crippen molar-refractivity contribution in [1.82, 2.24) is 0 Å². The molecule has 0 aliphatic carbocycles. The fourth-order valence-corrected chi connectivity index (χ4v) is 1.44. The first-order chi connectivity index (χ1) is 9.23. The van der Waals surface area contributed by atoms with Crippen molar-refractivity contribution in [3.05, 3.63) is 28.3 Å². The van der Waals surface area contributed by atoms with Crippen LogP contribution in [0.4, 0.5) is 16.2 Å². The number of nitrogens with one attached hydrogen (secondary N) is 1. The molecule has 0 unspecified atom stereocenters. The lowest BCUT2D eigenvalue weighted by Crippen LogP contribution is -2.27. The Bertz CT molecular complexity index is 508. The molecule has 1 aromatic carbocycles. The number of amides is 1. The highest BCUT2D eigenvalue weighted by molar-refractivity contribution is 5.88. The Kier molecular flexibility index (Phi) is 4.90. The zero-order chi connectivity index (χ0) is 15.3. The number of hydrogen-bond acceptors (Lipinski definition) is 5. The molecule has 0 aromatic heterocycles. The molecule has 1 N–H and O–H groups in total. The number of anilines is 1. The Morgan fingerprint density at radius 2 is 2.05 bits per heavy atom. The van der Waals surface area contributed by atoms with Crippen molar-refractivity contribution in [2.24, 2.45) is 0 Å². The maximum Gasteiger partial charge on any atom is 0.412 e. The normalized spacial score (nSPS) is 10.8. The number of hydrogen-bond donors (Lipinski definition) is 1. The Morgan fingerprint density at radius 1 is 1.40 bits per heavy atom. The summed E-state index contributed by atoms with van der Waals surface area (Å²) in [6, 6.07) is 4.14. The minimum absolute atomic E-state index is 0.0372. The predicted octanol–water partition coefficient (Wildman–Crippen LogP) is 3.34. The molecule has 0 bridgehead atoms. The number of benzene rings is 1. The molecule has 7 heteroatoms. The van der Waals surface area contributed by atoms with E-state index in [4.69, 9.17) is 9.47 Å². The van der Waals surface area contributed by atoms with Gasteiger partial charge < -0.3 is 9.47 Å². The molecule has 1 rings (SSSR count). The molecule has 0 fully saturated rings. The van der Waals surface area contributed by atoms with Gasteiger partial charge in [0.25, 0.3) is 5.69 Å². The highest BCUT2D eigenvalue weighted by Crippen LogP contribution is 2.29. The molecule has 0 saturated carbocycles. The molecular weight excluding hydrogens is 264 g/mol. The van der Waals surface area contributed by atoms with Crippen LogP contribution in [0.15, 0.2) is 18.2 Å². The van der Waals surface area contributed by atoms with E-state index in [9.17, 15) is 14.9 Å². The maximum absolute atomic E-state index is 11.7. The standard InChI is InChI=1S/C13H18N2O5/c1-5-19-9-6-7-11(15(17)18)10(8-9)14-12(16)20-13(2,3)4/h6-8H,5H2,1-4H3,(H,14,16). The van der Waals surface area contributed by atoms with E-state index in [1.165, 1.54) is 18.2 Å². The quantitative estimate of drug-likeness (QED) is 0.675. The van der Waals surface area contributed by atoms with Gasteiger partial charge in [-0.3, -0.25) is 15.4 Å². The second-order valence-corrected chi connectivity index (χ2v) is 5.00. The fourth-order valence-electron chi connectivity index (χ4n) is 1.44. The third-order valence-corrected chi connectivity index (χ3v) is 2.11. The van der Waals surface area contributed by atoms with E-state index in [1.54, 1.807) is 27.7 Å². The number of nitro groups is 1. The van der Waals surface area contributed by atoms with E-state index in [0.717, 1.165) is 0 Å². The van der Waals surface area contributed by atoms with Gasteiger partial charge in [-0.25, -0.2) is 4.79 Å². The van der Waals surface area contributed by atoms with Crippen LogP contribution in [0.25, 0.3) is 0 Å². The van der Waals surface area contributed by atoms with Crippen molar-refractivity contribution >= 4 is 17.5 Å². The number of carbonyl (C=O) groups excluding carboxylic acids is 1. The van der Waals surface area contributed by atoms with Gasteiger partial charge in [0.15, 0.2) is 0 Å². The topological polar surface area (TPSA) is 90.7 Å². The number of ether oxygens (including phenoxy) is 2. The van der Waals surface area contributed by atoms with Gasteiger partial charge in [0.1, 0.15) is 17.0 Å². The summed E-state index contributed by atoms with van der Waals surface area (Å²) in [5.74, 6) is 0.434. The van der Waals surface area contributed by atoms with Gasteiger partial charge >= 0.3 is 6.09 Å². The van der Waals surface area contributed by atoms with E-state index in [2.05, 4.69) is 5.32 Å². The summed E-state index contributed by atoms with van der Waals surface area (Å²) in [7, 11) is 0. The lowest BCUT2D eigenvalue weighted by atomic mass is 10.2. The summed E-state index contributed by atoms with van der Waals surface area (Å²) in [6.45, 7) is 7.33. The average Bonchev–Trinajstić information content (AvgIpc) is 2.26. The first-order valence-electron chi connectivity index (χ1n) is 6.14. The molecule has 0 radical (unpaired) electrons. The van der Waals surface area contributed by atoms with Gasteiger partial charge in [0.2, 0.25) is 0 Å². The molecule has 0 aliphatic heterocycles. The molecule has 1 amide bonds. The highest BCUT2D eigenvalue weighted by Gasteiger charge is 2.21. The van der Waals surface area contributed by atoms with Crippen molar-refractivity contribution in [3.63, 3.8) is 0 Å². The van der Waals surface area contributed by atoms with Crippen LogP contribution >= 0.6 is 0 Å². The van der Waals surface area contributed by atoms with Crippen molar-refractivity contribution in [2.75, 3.05) is 11.9 Å². The van der Waals surface area contributed by atoms with Crippen LogP contribution in [0.3, 0.4) is 0 Å². The molecule has 0 saturated heterocycles. The molecule has 0 heterocycles. The minimum Gasteiger partial charge on any atom is -0.494 e. The molecular formula is C13H18N2O5. The predicted molar refractivity (Wildman–Crippen MR) is 74.1 cm³/mol. The Balaban J connectivity index is 2.98. The summed E-state index contributed by atoms with van der Waals surface area (Å²) in [6.07, 6.45) is -0.755. The van der Waals surface area contributed by atoms with E-state index >= 15 is 0 Å². The number of nitrogens with zero attached hydrogens (tertiary/aromatic N) is 1. The van der Waals surface area contributed by atoms with Crippen LogP contribution in [0.1, 0.15) is 27.7 Å². The summed E-state index contributed by atoms with van der Waals surface area (Å²) in [4.78, 5) is 22.0. The summed E-state index contributed by atoms with van der Waals surface area (Å²) < 4.78 is 10.3. The molecule has 0 atom stereocenters. The van der Waals surface area contributed by atoms with Gasteiger partial charge in [-0.2, -0.15) is 0 Å². The van der Waals surface area contributed by atoms with E-state index < -0.39 is 16.6 Å². The molecule has 7 nitrogen and oxygen atoms in total. The molecule has 20 heavy (non-hydrogen) atoms. The van der Waals surface area contributed by atoms with Crippen LogP contribution in [-0.2, 0) is 4.74 Å². The summed E-state index contributed by atoms with van der Waals surface area (Å²) >= 11 is 0. The monoisotopic (exact) mass is 282 g/mol. The van der Waals surface area contributed by atoms with Crippen LogP contribution in [-0.4, -0.2) is 23.2 Å². The van der Waals surface area contributed by atoms with Crippen LogP contribution < -0.4 is 10.1 Å². The lowest BCUT2D eigenvalue weighted by Gasteiger charge is -2.19. The summed E-state index contributed by atoms with van der Waals surface area (Å²) in [5.41, 5.74) is -0.870. The van der Waals surface area contributed by atoms with Crippen molar-refractivity contribution in [2.45, 2.75) is 33.3 Å². The zero-order valence-corrected chi connectivity index (χ0v) is 11.9. The zero-order valence-electron chi connectivity index (χ0n) is 11.9. The van der Waals surface area contributed by atoms with Crippen molar-refractivity contribution in [1.29, 1.82) is 0 Å². The SMILES string of the molecule is CCOc1ccc([N+](=O)[O-])c(NC(=O)OC(C)(C)C)c1. The molecule has 1 aromatic rings. The number of nitro benzene ring substituents is 1. The third-order valence-electron chi connectivity index (χ3n) is 2.11. The molecule has 0 spiro atoms. The Labute approximate surface area is 117 Å². The molecule has 0 aliphatic rings. The number of rotatable bonds is 4. The largest absolute Gasteiger partial charge is 0.494 e. The van der Waals surface area contributed by atoms with Crippen LogP contribution in [0.5, 0.6) is 5.75 Å². The van der Waals surface area contributed by atoms with Gasteiger partial charge in [-0.1, -0.05) is 0 Å².